The Labute approximate surface area is 136 Å². The van der Waals surface area contributed by atoms with E-state index in [2.05, 4.69) is 10.1 Å². The predicted octanol–water partition coefficient (Wildman–Crippen LogP) is 3.20. The molecule has 136 valence electrons. The second-order valence-corrected chi connectivity index (χ2v) is 5.38. The van der Waals surface area contributed by atoms with Gasteiger partial charge in [-0.2, -0.15) is 0 Å². The van der Waals surface area contributed by atoms with Crippen LogP contribution in [0.15, 0.2) is 18.2 Å². The fourth-order valence-corrected chi connectivity index (χ4v) is 2.81. The maximum absolute atomic E-state index is 13.0. The van der Waals surface area contributed by atoms with Gasteiger partial charge < -0.3 is 14.8 Å². The molecule has 1 aromatic rings. The van der Waals surface area contributed by atoms with Gasteiger partial charge in [-0.1, -0.05) is 0 Å². The summed E-state index contributed by atoms with van der Waals surface area (Å²) in [5, 5.41) is 3.11. The van der Waals surface area contributed by atoms with Crippen LogP contribution in [0.2, 0.25) is 0 Å². The minimum Gasteiger partial charge on any atom is -0.496 e. The molecule has 0 radical (unpaired) electrons. The van der Waals surface area contributed by atoms with E-state index in [0.29, 0.717) is 26.2 Å². The molecule has 1 aromatic carbocycles. The van der Waals surface area contributed by atoms with Crippen molar-refractivity contribution in [3.63, 3.8) is 0 Å². The van der Waals surface area contributed by atoms with Gasteiger partial charge in [0.05, 0.1) is 7.11 Å². The molecule has 1 aliphatic rings. The molecule has 1 fully saturated rings. The summed E-state index contributed by atoms with van der Waals surface area (Å²) in [5.74, 6) is -0.193. The predicted molar refractivity (Wildman–Crippen MR) is 77.5 cm³/mol. The lowest BCUT2D eigenvalue weighted by molar-refractivity contribution is -0.274. The highest BCUT2D eigenvalue weighted by Gasteiger charge is 2.33. The van der Waals surface area contributed by atoms with Crippen molar-refractivity contribution in [3.05, 3.63) is 23.8 Å². The van der Waals surface area contributed by atoms with E-state index >= 15 is 0 Å². The van der Waals surface area contributed by atoms with Crippen LogP contribution in [0.3, 0.4) is 0 Å². The summed E-state index contributed by atoms with van der Waals surface area (Å²) < 4.78 is 72.4. The van der Waals surface area contributed by atoms with Gasteiger partial charge in [0, 0.05) is 44.2 Å². The van der Waals surface area contributed by atoms with Crippen molar-refractivity contribution in [2.24, 2.45) is 0 Å². The molecule has 4 nitrogen and oxygen atoms in total. The lowest BCUT2D eigenvalue weighted by Crippen LogP contribution is -2.45. The largest absolute Gasteiger partial charge is 0.573 e. The van der Waals surface area contributed by atoms with Gasteiger partial charge in [-0.05, 0) is 18.2 Å². The van der Waals surface area contributed by atoms with Gasteiger partial charge in [0.25, 0.3) is 0 Å². The molecule has 0 bridgehead atoms. The maximum atomic E-state index is 13.0. The van der Waals surface area contributed by atoms with Crippen molar-refractivity contribution in [1.82, 2.24) is 10.2 Å². The number of alkyl halides is 5. The van der Waals surface area contributed by atoms with Crippen LogP contribution in [0.5, 0.6) is 11.5 Å². The van der Waals surface area contributed by atoms with E-state index < -0.39 is 31.0 Å². The van der Waals surface area contributed by atoms with Gasteiger partial charge in [0.15, 0.2) is 0 Å². The summed E-state index contributed by atoms with van der Waals surface area (Å²) in [5.41, 5.74) is 0.265. The van der Waals surface area contributed by atoms with E-state index in [1.807, 2.05) is 4.90 Å². The van der Waals surface area contributed by atoms with Crippen molar-refractivity contribution in [3.8, 4) is 11.5 Å². The first-order valence-corrected chi connectivity index (χ1v) is 7.46. The normalized spacial score (nSPS) is 17.8. The third kappa shape index (κ3) is 5.20. The maximum Gasteiger partial charge on any atom is 0.573 e. The molecule has 0 saturated carbocycles. The molecule has 1 heterocycles. The van der Waals surface area contributed by atoms with Gasteiger partial charge in [-0.25, -0.2) is 8.78 Å². The van der Waals surface area contributed by atoms with Crippen molar-refractivity contribution >= 4 is 0 Å². The number of benzene rings is 1. The molecule has 1 N–H and O–H groups in total. The van der Waals surface area contributed by atoms with E-state index in [-0.39, 0.29) is 11.3 Å². The molecule has 0 spiro atoms. The minimum atomic E-state index is -4.85. The lowest BCUT2D eigenvalue weighted by Gasteiger charge is -2.35. The van der Waals surface area contributed by atoms with Crippen molar-refractivity contribution in [2.45, 2.75) is 25.3 Å². The van der Waals surface area contributed by atoms with E-state index in [0.717, 1.165) is 12.1 Å². The number of hydrogen-bond acceptors (Lipinski definition) is 4. The third-order valence-corrected chi connectivity index (χ3v) is 3.79. The zero-order valence-corrected chi connectivity index (χ0v) is 13.1. The lowest BCUT2D eigenvalue weighted by atomic mass is 9.99. The number of methoxy groups -OCH3 is 1. The highest BCUT2D eigenvalue weighted by molar-refractivity contribution is 5.42. The Balaban J connectivity index is 2.36. The van der Waals surface area contributed by atoms with Gasteiger partial charge in [-0.15, -0.1) is 13.2 Å². The van der Waals surface area contributed by atoms with E-state index in [9.17, 15) is 22.0 Å². The average Bonchev–Trinajstić information content (AvgIpc) is 2.52. The number of ether oxygens (including phenoxy) is 2. The minimum absolute atomic E-state index is 0.258. The smallest absolute Gasteiger partial charge is 0.496 e. The van der Waals surface area contributed by atoms with Crippen molar-refractivity contribution in [2.75, 3.05) is 33.3 Å². The topological polar surface area (TPSA) is 33.7 Å². The SMILES string of the molecule is COc1ccc(OC(F)(F)F)cc1[C@@H](CC(F)F)N1CCNCC1. The number of halogens is 5. The Kier molecular flexibility index (Phi) is 6.22. The summed E-state index contributed by atoms with van der Waals surface area (Å²) in [4.78, 5) is 1.82. The number of hydrogen-bond donors (Lipinski definition) is 1. The zero-order valence-electron chi connectivity index (χ0n) is 13.1. The summed E-state index contributed by atoms with van der Waals surface area (Å²) >= 11 is 0. The molecule has 1 atom stereocenters. The van der Waals surface area contributed by atoms with E-state index in [1.54, 1.807) is 0 Å². The molecule has 24 heavy (non-hydrogen) atoms. The molecular weight excluding hydrogens is 335 g/mol. The quantitative estimate of drug-likeness (QED) is 0.796. The zero-order chi connectivity index (χ0) is 17.7. The van der Waals surface area contributed by atoms with Crippen LogP contribution in [0.1, 0.15) is 18.0 Å². The summed E-state index contributed by atoms with van der Waals surface area (Å²) in [6, 6.07) is 2.78. The fraction of sp³-hybridized carbons (Fsp3) is 0.600. The number of rotatable bonds is 6. The van der Waals surface area contributed by atoms with E-state index in [4.69, 9.17) is 4.74 Å². The molecular formula is C15H19F5N2O2. The van der Waals surface area contributed by atoms with Crippen LogP contribution in [-0.4, -0.2) is 51.0 Å². The van der Waals surface area contributed by atoms with Crippen LogP contribution in [0.4, 0.5) is 22.0 Å². The van der Waals surface area contributed by atoms with Crippen LogP contribution in [0.25, 0.3) is 0 Å². The second kappa shape index (κ2) is 7.98. The molecule has 0 amide bonds. The van der Waals surface area contributed by atoms with Crippen molar-refractivity contribution < 1.29 is 31.4 Å². The summed E-state index contributed by atoms with van der Waals surface area (Å²) in [6.07, 6.45) is -7.94. The Bertz CT molecular complexity index is 533. The highest BCUT2D eigenvalue weighted by Crippen LogP contribution is 2.37. The van der Waals surface area contributed by atoms with Crippen LogP contribution in [-0.2, 0) is 0 Å². The van der Waals surface area contributed by atoms with E-state index in [1.165, 1.54) is 13.2 Å². The molecule has 0 aliphatic carbocycles. The van der Waals surface area contributed by atoms with Gasteiger partial charge in [0.1, 0.15) is 11.5 Å². The summed E-state index contributed by atoms with van der Waals surface area (Å²) in [7, 11) is 1.35. The first-order chi connectivity index (χ1) is 11.3. The molecule has 0 unspecified atom stereocenters. The number of piperazine rings is 1. The Morgan fingerprint density at radius 2 is 1.88 bits per heavy atom. The molecule has 9 heteroatoms. The number of nitrogens with zero attached hydrogens (tertiary/aromatic N) is 1. The highest BCUT2D eigenvalue weighted by atomic mass is 19.4. The molecule has 1 saturated heterocycles. The Morgan fingerprint density at radius 3 is 2.42 bits per heavy atom. The monoisotopic (exact) mass is 354 g/mol. The summed E-state index contributed by atoms with van der Waals surface area (Å²) in [6.45, 7) is 2.29. The van der Waals surface area contributed by atoms with Crippen LogP contribution < -0.4 is 14.8 Å². The fourth-order valence-electron chi connectivity index (χ4n) is 2.81. The molecule has 0 aromatic heterocycles. The van der Waals surface area contributed by atoms with Crippen molar-refractivity contribution in [1.29, 1.82) is 0 Å². The average molecular weight is 354 g/mol. The standard InChI is InChI=1S/C15H19F5N2O2/c1-23-13-3-2-10(24-15(18,19)20)8-11(13)12(9-14(16)17)22-6-4-21-5-7-22/h2-3,8,12,14,21H,4-7,9H2,1H3/t12-/m1/s1. The Hall–Kier alpha value is -1.61. The third-order valence-electron chi connectivity index (χ3n) is 3.79. The first kappa shape index (κ1) is 18.7. The molecule has 1 aliphatic heterocycles. The first-order valence-electron chi connectivity index (χ1n) is 7.46. The van der Waals surface area contributed by atoms with Gasteiger partial charge in [-0.3, -0.25) is 4.90 Å². The van der Waals surface area contributed by atoms with Gasteiger partial charge in [0.2, 0.25) is 6.43 Å². The number of nitrogens with one attached hydrogen (secondary N) is 1. The van der Waals surface area contributed by atoms with Gasteiger partial charge >= 0.3 is 6.36 Å². The Morgan fingerprint density at radius 1 is 1.21 bits per heavy atom. The van der Waals surface area contributed by atoms with Crippen LogP contribution >= 0.6 is 0 Å². The van der Waals surface area contributed by atoms with Crippen LogP contribution in [0, 0.1) is 0 Å². The molecule has 2 rings (SSSR count). The second-order valence-electron chi connectivity index (χ2n) is 5.38.